The van der Waals surface area contributed by atoms with Crippen LogP contribution in [0.25, 0.3) is 0 Å². The molecule has 0 radical (unpaired) electrons. The number of rotatable bonds is 5. The summed E-state index contributed by atoms with van der Waals surface area (Å²) in [5.41, 5.74) is 2.42. The van der Waals surface area contributed by atoms with Crippen LogP contribution in [0.1, 0.15) is 36.8 Å². The van der Waals surface area contributed by atoms with Gasteiger partial charge in [0.2, 0.25) is 0 Å². The lowest BCUT2D eigenvalue weighted by molar-refractivity contribution is -0.123. The van der Waals surface area contributed by atoms with E-state index in [1.54, 1.807) is 0 Å². The van der Waals surface area contributed by atoms with Crippen molar-refractivity contribution >= 4 is 5.91 Å². The van der Waals surface area contributed by atoms with Crippen molar-refractivity contribution in [2.75, 3.05) is 13.2 Å². The highest BCUT2D eigenvalue weighted by Crippen LogP contribution is 2.23. The van der Waals surface area contributed by atoms with Crippen molar-refractivity contribution in [1.29, 1.82) is 0 Å². The standard InChI is InChI=1S/C16H23NO2/c1-12-7-8-15(9-13(12)2)19-11-16(18)17-10-14-5-3-4-6-14/h7-9,14H,3-6,10-11H2,1-2H3,(H,17,18). The summed E-state index contributed by atoms with van der Waals surface area (Å²) in [6.07, 6.45) is 5.11. The van der Waals surface area contributed by atoms with E-state index in [1.165, 1.54) is 36.8 Å². The summed E-state index contributed by atoms with van der Waals surface area (Å²) in [5.74, 6) is 1.41. The Balaban J connectivity index is 1.71. The van der Waals surface area contributed by atoms with E-state index in [9.17, 15) is 4.79 Å². The zero-order valence-electron chi connectivity index (χ0n) is 11.9. The van der Waals surface area contributed by atoms with E-state index in [-0.39, 0.29) is 12.5 Å². The predicted molar refractivity (Wildman–Crippen MR) is 76.4 cm³/mol. The van der Waals surface area contributed by atoms with Crippen LogP contribution in [0.5, 0.6) is 5.75 Å². The topological polar surface area (TPSA) is 38.3 Å². The SMILES string of the molecule is Cc1ccc(OCC(=O)NCC2CCCC2)cc1C. The third-order valence-electron chi connectivity index (χ3n) is 3.91. The first-order valence-electron chi connectivity index (χ1n) is 7.12. The average molecular weight is 261 g/mol. The Hall–Kier alpha value is -1.51. The zero-order chi connectivity index (χ0) is 13.7. The monoisotopic (exact) mass is 261 g/mol. The van der Waals surface area contributed by atoms with Gasteiger partial charge in [-0.2, -0.15) is 0 Å². The van der Waals surface area contributed by atoms with Crippen LogP contribution in [0.2, 0.25) is 0 Å². The van der Waals surface area contributed by atoms with E-state index in [4.69, 9.17) is 4.74 Å². The molecule has 0 atom stereocenters. The minimum atomic E-state index is -0.0230. The summed E-state index contributed by atoms with van der Waals surface area (Å²) < 4.78 is 5.51. The number of nitrogens with one attached hydrogen (secondary N) is 1. The number of aryl methyl sites for hydroxylation is 2. The lowest BCUT2D eigenvalue weighted by Crippen LogP contribution is -2.32. The van der Waals surface area contributed by atoms with E-state index < -0.39 is 0 Å². The summed E-state index contributed by atoms with van der Waals surface area (Å²) in [7, 11) is 0. The van der Waals surface area contributed by atoms with Gasteiger partial charge in [-0.05, 0) is 55.9 Å². The minimum Gasteiger partial charge on any atom is -0.484 e. The molecule has 0 aliphatic heterocycles. The van der Waals surface area contributed by atoms with Crippen LogP contribution in [-0.2, 0) is 4.79 Å². The van der Waals surface area contributed by atoms with Gasteiger partial charge in [0.1, 0.15) is 5.75 Å². The Kier molecular flexibility index (Phi) is 4.83. The second kappa shape index (κ2) is 6.60. The van der Waals surface area contributed by atoms with Crippen LogP contribution < -0.4 is 10.1 Å². The van der Waals surface area contributed by atoms with Crippen molar-refractivity contribution in [3.05, 3.63) is 29.3 Å². The lowest BCUT2D eigenvalue weighted by atomic mass is 10.1. The van der Waals surface area contributed by atoms with Gasteiger partial charge in [-0.25, -0.2) is 0 Å². The van der Waals surface area contributed by atoms with Crippen molar-refractivity contribution in [2.45, 2.75) is 39.5 Å². The van der Waals surface area contributed by atoms with Crippen molar-refractivity contribution in [3.8, 4) is 5.75 Å². The minimum absolute atomic E-state index is 0.0230. The molecule has 104 valence electrons. The molecule has 1 N–H and O–H groups in total. The quantitative estimate of drug-likeness (QED) is 0.885. The van der Waals surface area contributed by atoms with Crippen molar-refractivity contribution < 1.29 is 9.53 Å². The number of hydrogen-bond acceptors (Lipinski definition) is 2. The molecule has 0 saturated heterocycles. The zero-order valence-corrected chi connectivity index (χ0v) is 11.9. The number of ether oxygens (including phenoxy) is 1. The summed E-state index contributed by atoms with van der Waals surface area (Å²) in [6.45, 7) is 5.01. The van der Waals surface area contributed by atoms with E-state index in [1.807, 2.05) is 25.1 Å². The maximum Gasteiger partial charge on any atom is 0.257 e. The Labute approximate surface area is 115 Å². The summed E-state index contributed by atoms with van der Waals surface area (Å²) >= 11 is 0. The van der Waals surface area contributed by atoms with Gasteiger partial charge in [0.15, 0.2) is 6.61 Å². The third-order valence-corrected chi connectivity index (χ3v) is 3.91. The van der Waals surface area contributed by atoms with E-state index in [0.29, 0.717) is 5.92 Å². The molecule has 1 aliphatic carbocycles. The van der Waals surface area contributed by atoms with Gasteiger partial charge < -0.3 is 10.1 Å². The second-order valence-corrected chi connectivity index (χ2v) is 5.49. The molecule has 0 aromatic heterocycles. The van der Waals surface area contributed by atoms with Crippen LogP contribution in [0.4, 0.5) is 0 Å². The van der Waals surface area contributed by atoms with E-state index in [0.717, 1.165) is 12.3 Å². The van der Waals surface area contributed by atoms with Gasteiger partial charge in [-0.1, -0.05) is 18.9 Å². The molecule has 0 spiro atoms. The van der Waals surface area contributed by atoms with Crippen molar-refractivity contribution in [2.24, 2.45) is 5.92 Å². The Bertz CT molecular complexity index is 436. The Morgan fingerprint density at radius 2 is 2.00 bits per heavy atom. The number of benzene rings is 1. The largest absolute Gasteiger partial charge is 0.484 e. The van der Waals surface area contributed by atoms with Crippen LogP contribution in [0.3, 0.4) is 0 Å². The molecule has 0 bridgehead atoms. The van der Waals surface area contributed by atoms with Crippen LogP contribution >= 0.6 is 0 Å². The van der Waals surface area contributed by atoms with E-state index in [2.05, 4.69) is 12.2 Å². The molecule has 0 heterocycles. The molecule has 3 nitrogen and oxygen atoms in total. The van der Waals surface area contributed by atoms with Gasteiger partial charge in [-0.3, -0.25) is 4.79 Å². The fourth-order valence-corrected chi connectivity index (χ4v) is 2.48. The van der Waals surface area contributed by atoms with Gasteiger partial charge in [0, 0.05) is 6.54 Å². The normalized spacial score (nSPS) is 15.5. The summed E-state index contributed by atoms with van der Waals surface area (Å²) in [4.78, 5) is 11.7. The number of carbonyl (C=O) groups is 1. The highest BCUT2D eigenvalue weighted by atomic mass is 16.5. The van der Waals surface area contributed by atoms with Gasteiger partial charge in [-0.15, -0.1) is 0 Å². The summed E-state index contributed by atoms with van der Waals surface area (Å²) in [5, 5.41) is 2.96. The molecule has 19 heavy (non-hydrogen) atoms. The molecular formula is C16H23NO2. The molecule has 1 fully saturated rings. The smallest absolute Gasteiger partial charge is 0.257 e. The van der Waals surface area contributed by atoms with Crippen molar-refractivity contribution in [1.82, 2.24) is 5.32 Å². The molecule has 1 amide bonds. The molecule has 3 heteroatoms. The highest BCUT2D eigenvalue weighted by molar-refractivity contribution is 5.77. The van der Waals surface area contributed by atoms with Gasteiger partial charge >= 0.3 is 0 Å². The molecule has 1 saturated carbocycles. The highest BCUT2D eigenvalue weighted by Gasteiger charge is 2.15. The van der Waals surface area contributed by atoms with Crippen LogP contribution in [0, 0.1) is 19.8 Å². The van der Waals surface area contributed by atoms with E-state index >= 15 is 0 Å². The average Bonchev–Trinajstić information content (AvgIpc) is 2.91. The van der Waals surface area contributed by atoms with Crippen LogP contribution in [-0.4, -0.2) is 19.1 Å². The number of carbonyl (C=O) groups excluding carboxylic acids is 1. The van der Waals surface area contributed by atoms with Crippen molar-refractivity contribution in [3.63, 3.8) is 0 Å². The molecule has 2 rings (SSSR count). The number of hydrogen-bond donors (Lipinski definition) is 1. The lowest BCUT2D eigenvalue weighted by Gasteiger charge is -2.11. The maximum atomic E-state index is 11.7. The first kappa shape index (κ1) is 13.9. The Morgan fingerprint density at radius 1 is 1.26 bits per heavy atom. The fraction of sp³-hybridized carbons (Fsp3) is 0.562. The molecule has 1 aromatic rings. The molecule has 1 aromatic carbocycles. The Morgan fingerprint density at radius 3 is 2.68 bits per heavy atom. The first-order valence-corrected chi connectivity index (χ1v) is 7.12. The molecular weight excluding hydrogens is 238 g/mol. The maximum absolute atomic E-state index is 11.7. The number of amides is 1. The van der Waals surface area contributed by atoms with Gasteiger partial charge in [0.05, 0.1) is 0 Å². The first-order chi connectivity index (χ1) is 9.15. The van der Waals surface area contributed by atoms with Crippen LogP contribution in [0.15, 0.2) is 18.2 Å². The molecule has 0 unspecified atom stereocenters. The predicted octanol–water partition coefficient (Wildman–Crippen LogP) is 2.99. The fourth-order valence-electron chi connectivity index (χ4n) is 2.48. The third kappa shape index (κ3) is 4.27. The molecule has 1 aliphatic rings. The summed E-state index contributed by atoms with van der Waals surface area (Å²) in [6, 6.07) is 5.90. The van der Waals surface area contributed by atoms with Gasteiger partial charge in [0.25, 0.3) is 5.91 Å². The second-order valence-electron chi connectivity index (χ2n) is 5.49.